The van der Waals surface area contributed by atoms with Crippen molar-refractivity contribution in [3.05, 3.63) is 22.9 Å². The molecule has 35 heavy (non-hydrogen) atoms. The maximum atomic E-state index is 13.3. The van der Waals surface area contributed by atoms with Gasteiger partial charge < -0.3 is 10.2 Å². The molecule has 0 radical (unpaired) electrons. The first-order valence-corrected chi connectivity index (χ1v) is 14.3. The first-order chi connectivity index (χ1) is 16.3. The number of hydrogen-bond acceptors (Lipinski definition) is 5. The fraction of sp³-hybridized carbons (Fsp3) is 0.760. The summed E-state index contributed by atoms with van der Waals surface area (Å²) in [5.41, 5.74) is -0.829. The molecular formula is C25H36F3N3O3S. The van der Waals surface area contributed by atoms with Gasteiger partial charge in [0.1, 0.15) is 11.5 Å². The fourth-order valence-corrected chi connectivity index (χ4v) is 7.68. The number of sulfone groups is 1. The number of nitrogens with zero attached hydrogens (tertiary/aromatic N) is 2. The van der Waals surface area contributed by atoms with Crippen LogP contribution in [0.2, 0.25) is 0 Å². The van der Waals surface area contributed by atoms with Crippen LogP contribution in [-0.2, 0) is 16.0 Å². The third-order valence-electron chi connectivity index (χ3n) is 7.85. The summed E-state index contributed by atoms with van der Waals surface area (Å²) in [4.78, 5) is 18.4. The second-order valence-electron chi connectivity index (χ2n) is 11.2. The molecule has 3 aliphatic rings. The summed E-state index contributed by atoms with van der Waals surface area (Å²) in [5, 5.41) is 2.70. The molecule has 1 N–H and O–H groups in total. The molecule has 0 atom stereocenters. The van der Waals surface area contributed by atoms with Gasteiger partial charge in [-0.05, 0) is 80.8 Å². The summed E-state index contributed by atoms with van der Waals surface area (Å²) in [6.45, 7) is 1.89. The Morgan fingerprint density at radius 1 is 1.11 bits per heavy atom. The van der Waals surface area contributed by atoms with Gasteiger partial charge in [0.2, 0.25) is 0 Å². The third kappa shape index (κ3) is 6.30. The molecule has 0 aliphatic heterocycles. The van der Waals surface area contributed by atoms with Gasteiger partial charge >= 0.3 is 6.18 Å². The standard InChI is InChI=1S/C25H36F3N3O3S/c1-16-12-20(25(26,27)28)30-22(31(2)3)21(16)23(32)29-15-24(13-17-4-5-17)10-8-19(9-11-24)35(33,34)14-18-6-7-18/h12,17-19H,4-11,13-15H2,1-3H3,(H,29,32)/t19-,24+. The Bertz CT molecular complexity index is 1060. The number of alkyl halides is 3. The lowest BCUT2D eigenvalue weighted by molar-refractivity contribution is -0.141. The zero-order chi connectivity index (χ0) is 25.6. The minimum absolute atomic E-state index is 0.0130. The van der Waals surface area contributed by atoms with Crippen LogP contribution in [0.15, 0.2) is 6.07 Å². The molecular weight excluding hydrogens is 479 g/mol. The molecule has 0 aromatic carbocycles. The van der Waals surface area contributed by atoms with Crippen molar-refractivity contribution in [1.29, 1.82) is 0 Å². The smallest absolute Gasteiger partial charge is 0.362 e. The predicted molar refractivity (Wildman–Crippen MR) is 129 cm³/mol. The molecule has 10 heteroatoms. The Morgan fingerprint density at radius 3 is 2.23 bits per heavy atom. The van der Waals surface area contributed by atoms with Gasteiger partial charge in [0.25, 0.3) is 5.91 Å². The second-order valence-corrected chi connectivity index (χ2v) is 13.5. The number of amides is 1. The highest BCUT2D eigenvalue weighted by Crippen LogP contribution is 2.49. The van der Waals surface area contributed by atoms with Crippen LogP contribution in [0.4, 0.5) is 19.0 Å². The molecule has 1 amide bonds. The average Bonchev–Trinajstić information content (AvgIpc) is 3.69. The fourth-order valence-electron chi connectivity index (χ4n) is 5.46. The highest BCUT2D eigenvalue weighted by atomic mass is 32.2. The lowest BCUT2D eigenvalue weighted by atomic mass is 9.70. The van der Waals surface area contributed by atoms with Crippen molar-refractivity contribution < 1.29 is 26.4 Å². The second kappa shape index (κ2) is 9.56. The molecule has 0 unspecified atom stereocenters. The average molecular weight is 516 g/mol. The van der Waals surface area contributed by atoms with E-state index in [-0.39, 0.29) is 27.6 Å². The van der Waals surface area contributed by atoms with Gasteiger partial charge in [-0.3, -0.25) is 4.79 Å². The summed E-state index contributed by atoms with van der Waals surface area (Å²) < 4.78 is 65.4. The molecule has 0 saturated heterocycles. The Morgan fingerprint density at radius 2 is 1.71 bits per heavy atom. The minimum Gasteiger partial charge on any atom is -0.362 e. The van der Waals surface area contributed by atoms with Crippen molar-refractivity contribution in [1.82, 2.24) is 10.3 Å². The Balaban J connectivity index is 1.48. The third-order valence-corrected chi connectivity index (χ3v) is 10.3. The van der Waals surface area contributed by atoms with E-state index in [1.807, 2.05) is 0 Å². The van der Waals surface area contributed by atoms with Crippen LogP contribution in [0.25, 0.3) is 0 Å². The van der Waals surface area contributed by atoms with Crippen LogP contribution in [0.5, 0.6) is 0 Å². The van der Waals surface area contributed by atoms with Gasteiger partial charge in [-0.2, -0.15) is 13.2 Å². The number of aromatic nitrogens is 1. The van der Waals surface area contributed by atoms with Gasteiger partial charge in [0, 0.05) is 20.6 Å². The topological polar surface area (TPSA) is 79.4 Å². The molecule has 196 valence electrons. The van der Waals surface area contributed by atoms with Gasteiger partial charge in [-0.1, -0.05) is 12.8 Å². The highest BCUT2D eigenvalue weighted by molar-refractivity contribution is 7.92. The van der Waals surface area contributed by atoms with Crippen LogP contribution >= 0.6 is 0 Å². The summed E-state index contributed by atoms with van der Waals surface area (Å²) in [6.07, 6.45) is 3.39. The first kappa shape index (κ1) is 26.2. The molecule has 3 fully saturated rings. The number of rotatable bonds is 9. The summed E-state index contributed by atoms with van der Waals surface area (Å²) in [7, 11) is 0.0449. The van der Waals surface area contributed by atoms with Crippen molar-refractivity contribution in [3.8, 4) is 0 Å². The molecule has 3 saturated carbocycles. The molecule has 1 aromatic rings. The number of carbonyl (C=O) groups is 1. The van der Waals surface area contributed by atoms with Crippen LogP contribution in [0.1, 0.15) is 79.4 Å². The number of anilines is 1. The van der Waals surface area contributed by atoms with Crippen LogP contribution in [-0.4, -0.2) is 51.0 Å². The van der Waals surface area contributed by atoms with Crippen LogP contribution in [0, 0.1) is 24.2 Å². The summed E-state index contributed by atoms with van der Waals surface area (Å²) in [5.74, 6) is 0.798. The quantitative estimate of drug-likeness (QED) is 0.513. The van der Waals surface area contributed by atoms with Gasteiger partial charge in [-0.25, -0.2) is 13.4 Å². The number of pyridine rings is 1. The number of carbonyl (C=O) groups excluding carboxylic acids is 1. The maximum Gasteiger partial charge on any atom is 0.433 e. The predicted octanol–water partition coefficient (Wildman–Crippen LogP) is 4.76. The summed E-state index contributed by atoms with van der Waals surface area (Å²) in [6, 6.07) is 0.914. The van der Waals surface area contributed by atoms with E-state index in [1.54, 1.807) is 14.1 Å². The molecule has 0 spiro atoms. The van der Waals surface area contributed by atoms with Crippen molar-refractivity contribution >= 4 is 21.6 Å². The zero-order valence-corrected chi connectivity index (χ0v) is 21.6. The SMILES string of the molecule is Cc1cc(C(F)(F)F)nc(N(C)C)c1C(=O)NC[C@]1(CC2CC2)CC[C@H](S(=O)(=O)CC2CC2)CC1. The normalized spacial score (nSPS) is 25.4. The van der Waals surface area contributed by atoms with E-state index >= 15 is 0 Å². The van der Waals surface area contributed by atoms with Gasteiger partial charge in [0.05, 0.1) is 16.6 Å². The molecule has 4 rings (SSSR count). The van der Waals surface area contributed by atoms with E-state index < -0.39 is 27.6 Å². The van der Waals surface area contributed by atoms with Crippen molar-refractivity contribution in [3.63, 3.8) is 0 Å². The van der Waals surface area contributed by atoms with Gasteiger partial charge in [-0.15, -0.1) is 0 Å². The molecule has 1 heterocycles. The Kier molecular flexibility index (Phi) is 7.16. The molecule has 3 aliphatic carbocycles. The largest absolute Gasteiger partial charge is 0.433 e. The highest BCUT2D eigenvalue weighted by Gasteiger charge is 2.44. The van der Waals surface area contributed by atoms with E-state index in [2.05, 4.69) is 10.3 Å². The van der Waals surface area contributed by atoms with E-state index in [0.29, 0.717) is 37.0 Å². The Hall–Kier alpha value is -1.84. The van der Waals surface area contributed by atoms with E-state index in [1.165, 1.54) is 11.8 Å². The summed E-state index contributed by atoms with van der Waals surface area (Å²) >= 11 is 0. The maximum absolute atomic E-state index is 13.3. The van der Waals surface area contributed by atoms with E-state index in [4.69, 9.17) is 0 Å². The van der Waals surface area contributed by atoms with Gasteiger partial charge in [0.15, 0.2) is 9.84 Å². The van der Waals surface area contributed by atoms with E-state index in [9.17, 15) is 26.4 Å². The van der Waals surface area contributed by atoms with Crippen molar-refractivity contribution in [2.24, 2.45) is 17.3 Å². The number of hydrogen-bond donors (Lipinski definition) is 1. The first-order valence-electron chi connectivity index (χ1n) is 12.6. The zero-order valence-electron chi connectivity index (χ0n) is 20.7. The van der Waals surface area contributed by atoms with Crippen LogP contribution < -0.4 is 10.2 Å². The number of aryl methyl sites for hydroxylation is 1. The molecule has 1 aromatic heterocycles. The number of halogens is 3. The number of nitrogens with one attached hydrogen (secondary N) is 1. The van der Waals surface area contributed by atoms with Crippen molar-refractivity contribution in [2.45, 2.75) is 76.1 Å². The van der Waals surface area contributed by atoms with Crippen molar-refractivity contribution in [2.75, 3.05) is 31.3 Å². The van der Waals surface area contributed by atoms with Crippen LogP contribution in [0.3, 0.4) is 0 Å². The Labute approximate surface area is 206 Å². The molecule has 6 nitrogen and oxygen atoms in total. The van der Waals surface area contributed by atoms with E-state index in [0.717, 1.165) is 51.0 Å². The minimum atomic E-state index is -4.60. The molecule has 0 bridgehead atoms. The lowest BCUT2D eigenvalue weighted by Crippen LogP contribution is -2.43. The lowest BCUT2D eigenvalue weighted by Gasteiger charge is -2.40. The monoisotopic (exact) mass is 515 g/mol.